The Labute approximate surface area is 138 Å². The molecule has 0 aromatic heterocycles. The van der Waals surface area contributed by atoms with Crippen LogP contribution >= 0.6 is 0 Å². The lowest BCUT2D eigenvalue weighted by Gasteiger charge is -2.31. The molecule has 0 unspecified atom stereocenters. The van der Waals surface area contributed by atoms with Gasteiger partial charge in [0.1, 0.15) is 0 Å². The van der Waals surface area contributed by atoms with Gasteiger partial charge in [-0.05, 0) is 50.6 Å². The van der Waals surface area contributed by atoms with Crippen molar-refractivity contribution in [2.45, 2.75) is 29.6 Å². The molecule has 0 aliphatic carbocycles. The number of hydrogen-bond donors (Lipinski definition) is 1. The van der Waals surface area contributed by atoms with Crippen LogP contribution in [0.4, 0.5) is 0 Å². The van der Waals surface area contributed by atoms with Gasteiger partial charge in [0.15, 0.2) is 9.84 Å². The molecule has 0 saturated carbocycles. The van der Waals surface area contributed by atoms with Crippen LogP contribution in [0.2, 0.25) is 0 Å². The highest BCUT2D eigenvalue weighted by molar-refractivity contribution is 7.91. The summed E-state index contributed by atoms with van der Waals surface area (Å²) in [5.74, 6) is 0.435. The van der Waals surface area contributed by atoms with Gasteiger partial charge in [0, 0.05) is 13.1 Å². The first-order chi connectivity index (χ1) is 10.8. The van der Waals surface area contributed by atoms with Crippen LogP contribution < -0.4 is 5.32 Å². The molecule has 0 radical (unpaired) electrons. The molecule has 0 bridgehead atoms. The largest absolute Gasteiger partial charge is 0.319 e. The van der Waals surface area contributed by atoms with Crippen molar-refractivity contribution in [1.29, 1.82) is 0 Å². The number of sulfonamides is 1. The maximum Gasteiger partial charge on any atom is 0.243 e. The van der Waals surface area contributed by atoms with Gasteiger partial charge in [0.05, 0.1) is 15.5 Å². The molecule has 6 nitrogen and oxygen atoms in total. The quantitative estimate of drug-likeness (QED) is 0.821. The average Bonchev–Trinajstić information content (AvgIpc) is 2.56. The van der Waals surface area contributed by atoms with Crippen molar-refractivity contribution in [3.63, 3.8) is 0 Å². The highest BCUT2D eigenvalue weighted by atomic mass is 32.2. The molecule has 1 aliphatic rings. The number of hydrogen-bond acceptors (Lipinski definition) is 5. The third-order valence-electron chi connectivity index (χ3n) is 4.25. The van der Waals surface area contributed by atoms with E-state index in [2.05, 4.69) is 5.32 Å². The molecular weight excluding hydrogens is 336 g/mol. The van der Waals surface area contributed by atoms with Crippen molar-refractivity contribution in [3.8, 4) is 0 Å². The molecule has 23 heavy (non-hydrogen) atoms. The number of rotatable bonds is 6. The van der Waals surface area contributed by atoms with Crippen LogP contribution in [-0.4, -0.2) is 53.6 Å². The van der Waals surface area contributed by atoms with Crippen molar-refractivity contribution < 1.29 is 16.8 Å². The molecule has 0 spiro atoms. The van der Waals surface area contributed by atoms with Gasteiger partial charge in [-0.15, -0.1) is 0 Å². The van der Waals surface area contributed by atoms with Crippen LogP contribution in [0, 0.1) is 5.92 Å². The second kappa shape index (κ2) is 7.29. The molecule has 0 atom stereocenters. The molecule has 1 heterocycles. The van der Waals surface area contributed by atoms with Gasteiger partial charge in [-0.25, -0.2) is 16.8 Å². The van der Waals surface area contributed by atoms with Gasteiger partial charge in [0.25, 0.3) is 0 Å². The van der Waals surface area contributed by atoms with Crippen molar-refractivity contribution >= 4 is 19.9 Å². The van der Waals surface area contributed by atoms with Gasteiger partial charge in [0.2, 0.25) is 10.0 Å². The van der Waals surface area contributed by atoms with Crippen LogP contribution in [0.3, 0.4) is 0 Å². The Morgan fingerprint density at radius 2 is 1.74 bits per heavy atom. The Morgan fingerprint density at radius 3 is 2.30 bits per heavy atom. The topological polar surface area (TPSA) is 83.5 Å². The minimum Gasteiger partial charge on any atom is -0.319 e. The zero-order chi connectivity index (χ0) is 17.1. The van der Waals surface area contributed by atoms with E-state index in [1.165, 1.54) is 28.6 Å². The van der Waals surface area contributed by atoms with E-state index in [9.17, 15) is 16.8 Å². The minimum atomic E-state index is -3.64. The van der Waals surface area contributed by atoms with E-state index in [0.29, 0.717) is 19.0 Å². The summed E-state index contributed by atoms with van der Waals surface area (Å²) in [6.07, 6.45) is 1.63. The standard InChI is InChI=1S/C15H24N2O4S2/c1-3-22(18,19)14-5-4-6-15(11-14)23(20,21)17-9-7-13(8-10-17)12-16-2/h4-6,11,13,16H,3,7-10,12H2,1-2H3. The van der Waals surface area contributed by atoms with Crippen molar-refractivity contribution in [3.05, 3.63) is 24.3 Å². The van der Waals surface area contributed by atoms with E-state index in [4.69, 9.17) is 0 Å². The minimum absolute atomic E-state index is 0.0497. The zero-order valence-corrected chi connectivity index (χ0v) is 15.2. The maximum absolute atomic E-state index is 12.7. The highest BCUT2D eigenvalue weighted by Gasteiger charge is 2.29. The molecule has 1 fully saturated rings. The van der Waals surface area contributed by atoms with Crippen LogP contribution in [-0.2, 0) is 19.9 Å². The van der Waals surface area contributed by atoms with Gasteiger partial charge in [-0.1, -0.05) is 13.0 Å². The third kappa shape index (κ3) is 4.12. The Hall–Kier alpha value is -0.960. The summed E-state index contributed by atoms with van der Waals surface area (Å²) < 4.78 is 50.8. The predicted molar refractivity (Wildman–Crippen MR) is 89.6 cm³/mol. The Bertz CT molecular complexity index is 736. The molecular formula is C15H24N2O4S2. The monoisotopic (exact) mass is 360 g/mol. The Morgan fingerprint density at radius 1 is 1.13 bits per heavy atom. The van der Waals surface area contributed by atoms with Crippen molar-refractivity contribution in [2.75, 3.05) is 32.4 Å². The molecule has 8 heteroatoms. The molecule has 1 aromatic carbocycles. The van der Waals surface area contributed by atoms with Gasteiger partial charge in [-0.2, -0.15) is 4.31 Å². The molecule has 2 rings (SSSR count). The van der Waals surface area contributed by atoms with Crippen molar-refractivity contribution in [1.82, 2.24) is 9.62 Å². The first-order valence-corrected chi connectivity index (χ1v) is 10.9. The van der Waals surface area contributed by atoms with Gasteiger partial charge in [-0.3, -0.25) is 0 Å². The van der Waals surface area contributed by atoms with Crippen LogP contribution in [0.25, 0.3) is 0 Å². The third-order valence-corrected chi connectivity index (χ3v) is 7.88. The summed E-state index contributed by atoms with van der Waals surface area (Å²) in [6, 6.07) is 5.66. The lowest BCUT2D eigenvalue weighted by atomic mass is 9.98. The Kier molecular flexibility index (Phi) is 5.83. The van der Waals surface area contributed by atoms with Gasteiger partial charge < -0.3 is 5.32 Å². The second-order valence-corrected chi connectivity index (χ2v) is 10.00. The number of benzene rings is 1. The summed E-state index contributed by atoms with van der Waals surface area (Å²) >= 11 is 0. The Balaban J connectivity index is 2.23. The van der Waals surface area contributed by atoms with Gasteiger partial charge >= 0.3 is 0 Å². The van der Waals surface area contributed by atoms with Crippen LogP contribution in [0.1, 0.15) is 19.8 Å². The van der Waals surface area contributed by atoms with Crippen LogP contribution in [0.15, 0.2) is 34.1 Å². The lowest BCUT2D eigenvalue weighted by Crippen LogP contribution is -2.40. The van der Waals surface area contributed by atoms with E-state index in [1.54, 1.807) is 6.92 Å². The van der Waals surface area contributed by atoms with E-state index >= 15 is 0 Å². The fourth-order valence-electron chi connectivity index (χ4n) is 2.79. The second-order valence-electron chi connectivity index (χ2n) is 5.78. The van der Waals surface area contributed by atoms with Crippen molar-refractivity contribution in [2.24, 2.45) is 5.92 Å². The zero-order valence-electron chi connectivity index (χ0n) is 13.5. The summed E-state index contributed by atoms with van der Waals surface area (Å²) in [6.45, 7) is 3.38. The predicted octanol–water partition coefficient (Wildman–Crippen LogP) is 1.10. The smallest absolute Gasteiger partial charge is 0.243 e. The fourth-order valence-corrected chi connectivity index (χ4v) is 5.30. The first kappa shape index (κ1) is 18.4. The molecule has 1 N–H and O–H groups in total. The number of nitrogens with one attached hydrogen (secondary N) is 1. The number of sulfone groups is 1. The summed E-state index contributed by atoms with van der Waals surface area (Å²) in [5.41, 5.74) is 0. The fraction of sp³-hybridized carbons (Fsp3) is 0.600. The molecule has 130 valence electrons. The van der Waals surface area contributed by atoms with E-state index in [-0.39, 0.29) is 15.5 Å². The summed E-state index contributed by atoms with van der Waals surface area (Å²) in [5, 5.41) is 3.12. The van der Waals surface area contributed by atoms with E-state index in [1.807, 2.05) is 7.05 Å². The summed E-state index contributed by atoms with van der Waals surface area (Å²) in [7, 11) is -5.17. The number of piperidine rings is 1. The van der Waals surface area contributed by atoms with E-state index in [0.717, 1.165) is 19.4 Å². The first-order valence-electron chi connectivity index (χ1n) is 7.79. The number of nitrogens with zero attached hydrogens (tertiary/aromatic N) is 1. The summed E-state index contributed by atoms with van der Waals surface area (Å²) in [4.78, 5) is 0.116. The highest BCUT2D eigenvalue weighted by Crippen LogP contribution is 2.25. The molecule has 1 saturated heterocycles. The lowest BCUT2D eigenvalue weighted by molar-refractivity contribution is 0.270. The van der Waals surface area contributed by atoms with Crippen LogP contribution in [0.5, 0.6) is 0 Å². The SMILES string of the molecule is CCS(=O)(=O)c1cccc(S(=O)(=O)N2CCC(CNC)CC2)c1. The molecule has 0 amide bonds. The average molecular weight is 361 g/mol. The van der Waals surface area contributed by atoms with E-state index < -0.39 is 19.9 Å². The normalized spacial score (nSPS) is 18.2. The maximum atomic E-state index is 12.7. The molecule has 1 aliphatic heterocycles. The molecule has 1 aromatic rings.